The van der Waals surface area contributed by atoms with Gasteiger partial charge >= 0.3 is 0 Å². The largest absolute Gasteiger partial charge is 0.360 e. The molecule has 0 aromatic carbocycles. The van der Waals surface area contributed by atoms with Gasteiger partial charge in [0, 0.05) is 24.4 Å². The topological polar surface area (TPSA) is 12.5 Å². The number of nitrogens with zero attached hydrogens (tertiary/aromatic N) is 1. The van der Waals surface area contributed by atoms with Gasteiger partial charge in [0.2, 0.25) is 0 Å². The Hall–Kier alpha value is -0.0800. The molecule has 0 aromatic heterocycles. The minimum Gasteiger partial charge on any atom is -0.360 e. The van der Waals surface area contributed by atoms with Crippen molar-refractivity contribution in [1.29, 1.82) is 0 Å². The highest BCUT2D eigenvalue weighted by atomic mass is 16.5. The molecule has 4 aliphatic rings. The van der Waals surface area contributed by atoms with Crippen LogP contribution in [0.2, 0.25) is 0 Å². The van der Waals surface area contributed by atoms with E-state index in [2.05, 4.69) is 4.90 Å². The highest BCUT2D eigenvalue weighted by molar-refractivity contribution is 5.08. The second-order valence-corrected chi connectivity index (χ2v) is 6.28. The molecule has 2 bridgehead atoms. The molecule has 16 heavy (non-hydrogen) atoms. The monoisotopic (exact) mass is 221 g/mol. The van der Waals surface area contributed by atoms with Crippen molar-refractivity contribution in [2.75, 3.05) is 13.2 Å². The average molecular weight is 221 g/mol. The quantitative estimate of drug-likeness (QED) is 0.623. The fraction of sp³-hybridized carbons (Fsp3) is 1.00. The van der Waals surface area contributed by atoms with Crippen LogP contribution in [0.3, 0.4) is 0 Å². The van der Waals surface area contributed by atoms with Crippen LogP contribution in [0.15, 0.2) is 0 Å². The Morgan fingerprint density at radius 3 is 2.38 bits per heavy atom. The summed E-state index contributed by atoms with van der Waals surface area (Å²) in [6.45, 7) is 2.35. The van der Waals surface area contributed by atoms with Crippen molar-refractivity contribution >= 4 is 0 Å². The fourth-order valence-corrected chi connectivity index (χ4v) is 5.16. The van der Waals surface area contributed by atoms with Gasteiger partial charge in [0.25, 0.3) is 0 Å². The lowest BCUT2D eigenvalue weighted by Crippen LogP contribution is -2.63. The summed E-state index contributed by atoms with van der Waals surface area (Å²) in [4.78, 5) is 2.81. The Morgan fingerprint density at radius 2 is 1.62 bits per heavy atom. The summed E-state index contributed by atoms with van der Waals surface area (Å²) < 4.78 is 6.41. The summed E-state index contributed by atoms with van der Waals surface area (Å²) in [5, 5.41) is 0. The molecule has 2 heterocycles. The van der Waals surface area contributed by atoms with Crippen LogP contribution in [0.25, 0.3) is 0 Å². The minimum absolute atomic E-state index is 0.226. The van der Waals surface area contributed by atoms with Crippen molar-refractivity contribution in [3.63, 3.8) is 0 Å². The van der Waals surface area contributed by atoms with Gasteiger partial charge in [-0.25, -0.2) is 0 Å². The molecule has 0 amide bonds. The Kier molecular flexibility index (Phi) is 2.14. The first-order valence-corrected chi connectivity index (χ1v) is 7.32. The molecule has 90 valence electrons. The van der Waals surface area contributed by atoms with Crippen LogP contribution in [0, 0.1) is 11.8 Å². The summed E-state index contributed by atoms with van der Waals surface area (Å²) in [7, 11) is 0. The molecule has 2 aliphatic heterocycles. The predicted octanol–water partition coefficient (Wildman–Crippen LogP) is 2.78. The molecule has 2 saturated carbocycles. The second kappa shape index (κ2) is 3.46. The first kappa shape index (κ1) is 9.90. The smallest absolute Gasteiger partial charge is 0.127 e. The number of hydrogen-bond donors (Lipinski definition) is 0. The Morgan fingerprint density at radius 1 is 0.875 bits per heavy atom. The maximum absolute atomic E-state index is 6.41. The second-order valence-electron chi connectivity index (χ2n) is 6.28. The van der Waals surface area contributed by atoms with Crippen LogP contribution in [0.5, 0.6) is 0 Å². The summed E-state index contributed by atoms with van der Waals surface area (Å²) in [5.41, 5.74) is 0.226. The Labute approximate surface area is 98.3 Å². The van der Waals surface area contributed by atoms with Crippen molar-refractivity contribution in [2.45, 2.75) is 63.1 Å². The molecule has 0 radical (unpaired) electrons. The summed E-state index contributed by atoms with van der Waals surface area (Å²) in [6, 6.07) is 0.865. The molecule has 1 spiro atoms. The zero-order valence-corrected chi connectivity index (χ0v) is 10.2. The fourth-order valence-electron chi connectivity index (χ4n) is 5.16. The van der Waals surface area contributed by atoms with Gasteiger partial charge in [-0.2, -0.15) is 0 Å². The summed E-state index contributed by atoms with van der Waals surface area (Å²) >= 11 is 0. The lowest BCUT2D eigenvalue weighted by molar-refractivity contribution is -0.238. The number of fused-ring (bicyclic) bond motifs is 1. The maximum atomic E-state index is 6.41. The number of ether oxygens (including phenoxy) is 1. The first-order valence-electron chi connectivity index (χ1n) is 7.32. The summed E-state index contributed by atoms with van der Waals surface area (Å²) in [5.74, 6) is 1.75. The molecule has 0 N–H and O–H groups in total. The van der Waals surface area contributed by atoms with E-state index in [1.54, 1.807) is 0 Å². The predicted molar refractivity (Wildman–Crippen MR) is 63.1 cm³/mol. The van der Waals surface area contributed by atoms with Gasteiger partial charge in [-0.05, 0) is 44.9 Å². The highest BCUT2D eigenvalue weighted by Crippen LogP contribution is 2.58. The third kappa shape index (κ3) is 1.10. The van der Waals surface area contributed by atoms with E-state index in [4.69, 9.17) is 4.74 Å². The normalized spacial score (nSPS) is 52.1. The van der Waals surface area contributed by atoms with Gasteiger partial charge in [-0.3, -0.25) is 4.90 Å². The maximum Gasteiger partial charge on any atom is 0.127 e. The zero-order chi connectivity index (χ0) is 10.6. The standard InChI is InChI=1S/C14H23NO/c1-2-9-15-13(3-1)8-10-16-14(15)11-4-5-12(14)7-6-11/h11-13H,1-10H2. The van der Waals surface area contributed by atoms with Crippen molar-refractivity contribution in [3.05, 3.63) is 0 Å². The van der Waals surface area contributed by atoms with Crippen molar-refractivity contribution < 1.29 is 4.74 Å². The van der Waals surface area contributed by atoms with Crippen molar-refractivity contribution in [1.82, 2.24) is 4.90 Å². The molecule has 0 aromatic rings. The first-order chi connectivity index (χ1) is 7.91. The van der Waals surface area contributed by atoms with Gasteiger partial charge in [0.15, 0.2) is 0 Å². The Bertz CT molecular complexity index is 268. The van der Waals surface area contributed by atoms with E-state index in [1.165, 1.54) is 57.9 Å². The molecular weight excluding hydrogens is 198 g/mol. The van der Waals surface area contributed by atoms with Crippen LogP contribution in [0.4, 0.5) is 0 Å². The molecule has 2 nitrogen and oxygen atoms in total. The SMILES string of the molecule is C1CCN2C(C1)CCOC21C2CCC1CC2. The summed E-state index contributed by atoms with van der Waals surface area (Å²) in [6.07, 6.45) is 11.3. The Balaban J connectivity index is 1.70. The lowest BCUT2D eigenvalue weighted by Gasteiger charge is -2.54. The number of rotatable bonds is 0. The zero-order valence-electron chi connectivity index (χ0n) is 10.2. The lowest BCUT2D eigenvalue weighted by atomic mass is 9.89. The van der Waals surface area contributed by atoms with E-state index in [9.17, 15) is 0 Å². The molecule has 1 unspecified atom stereocenters. The van der Waals surface area contributed by atoms with Gasteiger partial charge < -0.3 is 4.74 Å². The van der Waals surface area contributed by atoms with E-state index >= 15 is 0 Å². The third-order valence-electron chi connectivity index (χ3n) is 5.76. The van der Waals surface area contributed by atoms with E-state index in [1.807, 2.05) is 0 Å². The number of hydrogen-bond acceptors (Lipinski definition) is 2. The molecule has 4 fully saturated rings. The molecule has 4 rings (SSSR count). The van der Waals surface area contributed by atoms with Crippen molar-refractivity contribution in [3.8, 4) is 0 Å². The van der Waals surface area contributed by atoms with Crippen LogP contribution in [-0.4, -0.2) is 29.8 Å². The van der Waals surface area contributed by atoms with Crippen LogP contribution >= 0.6 is 0 Å². The van der Waals surface area contributed by atoms with Crippen LogP contribution in [-0.2, 0) is 4.74 Å². The van der Waals surface area contributed by atoms with E-state index in [-0.39, 0.29) is 5.72 Å². The van der Waals surface area contributed by atoms with Crippen LogP contribution in [0.1, 0.15) is 51.4 Å². The van der Waals surface area contributed by atoms with Crippen molar-refractivity contribution in [2.24, 2.45) is 11.8 Å². The van der Waals surface area contributed by atoms with Crippen LogP contribution < -0.4 is 0 Å². The van der Waals surface area contributed by atoms with Gasteiger partial charge in [-0.1, -0.05) is 6.42 Å². The van der Waals surface area contributed by atoms with Gasteiger partial charge in [-0.15, -0.1) is 0 Å². The molecule has 1 atom stereocenters. The van der Waals surface area contributed by atoms with Gasteiger partial charge in [0.05, 0.1) is 6.61 Å². The van der Waals surface area contributed by atoms with E-state index in [0.717, 1.165) is 24.5 Å². The average Bonchev–Trinajstić information content (AvgIpc) is 2.86. The highest BCUT2D eigenvalue weighted by Gasteiger charge is 2.61. The third-order valence-corrected chi connectivity index (χ3v) is 5.76. The molecular formula is C14H23NO. The van der Waals surface area contributed by atoms with E-state index < -0.39 is 0 Å². The molecule has 2 aliphatic carbocycles. The molecule has 2 saturated heterocycles. The van der Waals surface area contributed by atoms with E-state index in [0.29, 0.717) is 0 Å². The number of piperidine rings is 1. The van der Waals surface area contributed by atoms with Gasteiger partial charge in [0.1, 0.15) is 5.72 Å². The minimum atomic E-state index is 0.226. The molecule has 2 heteroatoms.